The summed E-state index contributed by atoms with van der Waals surface area (Å²) in [6.45, 7) is 3.85. The predicted molar refractivity (Wildman–Crippen MR) is 98.7 cm³/mol. The second kappa shape index (κ2) is 7.39. The Kier molecular flexibility index (Phi) is 5.02. The minimum Gasteiger partial charge on any atom is -0.497 e. The molecule has 6 nitrogen and oxygen atoms in total. The lowest BCUT2D eigenvalue weighted by molar-refractivity contribution is -0.127. The van der Waals surface area contributed by atoms with E-state index in [0.29, 0.717) is 17.2 Å². The number of benzene rings is 2. The molecule has 26 heavy (non-hydrogen) atoms. The Morgan fingerprint density at radius 1 is 1.04 bits per heavy atom. The van der Waals surface area contributed by atoms with E-state index >= 15 is 0 Å². The van der Waals surface area contributed by atoms with Gasteiger partial charge in [0.05, 0.1) is 12.8 Å². The zero-order valence-electron chi connectivity index (χ0n) is 15.0. The van der Waals surface area contributed by atoms with Gasteiger partial charge in [-0.25, -0.2) is 4.79 Å². The highest BCUT2D eigenvalue weighted by atomic mass is 16.5. The number of amides is 1. The van der Waals surface area contributed by atoms with E-state index in [9.17, 15) is 9.59 Å². The fourth-order valence-corrected chi connectivity index (χ4v) is 2.65. The maximum Gasteiger partial charge on any atom is 0.359 e. The number of anilines is 1. The first-order valence-electron chi connectivity index (χ1n) is 8.32. The lowest BCUT2D eigenvalue weighted by atomic mass is 10.1. The standard InChI is InChI=1S/C20H20N2O4/c1-13-4-5-14(2)18(12-13)22-19(23)11-10-17(21-22)20(24)26-16-8-6-15(25-3)7-9-16/h4-9,12H,10-11H2,1-3H3. The molecule has 0 unspecified atom stereocenters. The van der Waals surface area contributed by atoms with Crippen LogP contribution in [0.4, 0.5) is 5.69 Å². The molecule has 6 heteroatoms. The highest BCUT2D eigenvalue weighted by Gasteiger charge is 2.27. The number of hydrogen-bond donors (Lipinski definition) is 0. The summed E-state index contributed by atoms with van der Waals surface area (Å²) in [6.07, 6.45) is 0.471. The van der Waals surface area contributed by atoms with Crippen molar-refractivity contribution in [2.45, 2.75) is 26.7 Å². The lowest BCUT2D eigenvalue weighted by Gasteiger charge is -2.24. The van der Waals surface area contributed by atoms with Crippen LogP contribution in [0.2, 0.25) is 0 Å². The summed E-state index contributed by atoms with van der Waals surface area (Å²) in [7, 11) is 1.57. The summed E-state index contributed by atoms with van der Waals surface area (Å²) in [4.78, 5) is 24.7. The fraction of sp³-hybridized carbons (Fsp3) is 0.250. The van der Waals surface area contributed by atoms with Gasteiger partial charge >= 0.3 is 5.97 Å². The first-order chi connectivity index (χ1) is 12.5. The van der Waals surface area contributed by atoms with Gasteiger partial charge in [0.1, 0.15) is 17.2 Å². The van der Waals surface area contributed by atoms with E-state index in [0.717, 1.165) is 11.1 Å². The minimum atomic E-state index is -0.557. The molecule has 0 aliphatic carbocycles. The van der Waals surface area contributed by atoms with Crippen LogP contribution in [-0.4, -0.2) is 24.7 Å². The zero-order valence-corrected chi connectivity index (χ0v) is 15.0. The summed E-state index contributed by atoms with van der Waals surface area (Å²) in [6, 6.07) is 12.5. The maximum absolute atomic E-state index is 12.4. The molecule has 2 aromatic rings. The van der Waals surface area contributed by atoms with Crippen molar-refractivity contribution in [2.24, 2.45) is 5.10 Å². The molecule has 3 rings (SSSR count). The number of rotatable bonds is 4. The number of aryl methyl sites for hydroxylation is 2. The molecule has 1 amide bonds. The van der Waals surface area contributed by atoms with Gasteiger partial charge in [0, 0.05) is 12.8 Å². The summed E-state index contributed by atoms with van der Waals surface area (Å²) >= 11 is 0. The maximum atomic E-state index is 12.4. The van der Waals surface area contributed by atoms with Crippen LogP contribution < -0.4 is 14.5 Å². The summed E-state index contributed by atoms with van der Waals surface area (Å²) < 4.78 is 10.4. The molecule has 0 bridgehead atoms. The van der Waals surface area contributed by atoms with Gasteiger partial charge in [-0.2, -0.15) is 10.1 Å². The van der Waals surface area contributed by atoms with Gasteiger partial charge < -0.3 is 9.47 Å². The molecule has 1 aliphatic heterocycles. The van der Waals surface area contributed by atoms with E-state index in [1.165, 1.54) is 5.01 Å². The van der Waals surface area contributed by atoms with Gasteiger partial charge in [0.15, 0.2) is 0 Å². The summed E-state index contributed by atoms with van der Waals surface area (Å²) in [5.74, 6) is 0.373. The zero-order chi connectivity index (χ0) is 18.7. The number of carbonyl (C=O) groups excluding carboxylic acids is 2. The third kappa shape index (κ3) is 3.74. The molecule has 1 heterocycles. The first-order valence-corrected chi connectivity index (χ1v) is 8.32. The van der Waals surface area contributed by atoms with E-state index in [-0.39, 0.29) is 24.5 Å². The van der Waals surface area contributed by atoms with Gasteiger partial charge in [0.25, 0.3) is 0 Å². The quantitative estimate of drug-likeness (QED) is 0.625. The molecule has 0 atom stereocenters. The number of esters is 1. The Hall–Kier alpha value is -3.15. The Labute approximate surface area is 152 Å². The first kappa shape index (κ1) is 17.7. The van der Waals surface area contributed by atoms with Crippen LogP contribution >= 0.6 is 0 Å². The number of methoxy groups -OCH3 is 1. The van der Waals surface area contributed by atoms with E-state index < -0.39 is 5.97 Å². The second-order valence-corrected chi connectivity index (χ2v) is 6.11. The Morgan fingerprint density at radius 3 is 2.42 bits per heavy atom. The van der Waals surface area contributed by atoms with E-state index in [2.05, 4.69) is 5.10 Å². The highest BCUT2D eigenvalue weighted by molar-refractivity contribution is 6.38. The lowest BCUT2D eigenvalue weighted by Crippen LogP contribution is -2.36. The number of ether oxygens (including phenoxy) is 2. The topological polar surface area (TPSA) is 68.2 Å². The summed E-state index contributed by atoms with van der Waals surface area (Å²) in [5, 5.41) is 5.57. The smallest absolute Gasteiger partial charge is 0.359 e. The Bertz CT molecular complexity index is 872. The largest absolute Gasteiger partial charge is 0.497 e. The highest BCUT2D eigenvalue weighted by Crippen LogP contribution is 2.26. The Balaban J connectivity index is 1.83. The van der Waals surface area contributed by atoms with Gasteiger partial charge in [-0.3, -0.25) is 4.79 Å². The van der Waals surface area contributed by atoms with Crippen molar-refractivity contribution in [1.29, 1.82) is 0 Å². The predicted octanol–water partition coefficient (Wildman–Crippen LogP) is 3.40. The van der Waals surface area contributed by atoms with Crippen LogP contribution in [0.5, 0.6) is 11.5 Å². The number of hydrazone groups is 1. The summed E-state index contributed by atoms with van der Waals surface area (Å²) in [5.41, 5.74) is 2.84. The molecule has 0 aromatic heterocycles. The van der Waals surface area contributed by atoms with Gasteiger partial charge in [-0.1, -0.05) is 12.1 Å². The molecule has 0 radical (unpaired) electrons. The molecule has 0 saturated carbocycles. The van der Waals surface area contributed by atoms with Crippen molar-refractivity contribution in [2.75, 3.05) is 12.1 Å². The van der Waals surface area contributed by atoms with Gasteiger partial charge in [-0.05, 0) is 55.3 Å². The minimum absolute atomic E-state index is 0.139. The average molecular weight is 352 g/mol. The van der Waals surface area contributed by atoms with Crippen molar-refractivity contribution in [3.8, 4) is 11.5 Å². The number of nitrogens with zero attached hydrogens (tertiary/aromatic N) is 2. The van der Waals surface area contributed by atoms with Crippen molar-refractivity contribution in [1.82, 2.24) is 0 Å². The average Bonchev–Trinajstić information content (AvgIpc) is 2.65. The molecule has 134 valence electrons. The monoisotopic (exact) mass is 352 g/mol. The number of carbonyl (C=O) groups is 2. The van der Waals surface area contributed by atoms with Crippen LogP contribution in [0, 0.1) is 13.8 Å². The Morgan fingerprint density at radius 2 is 1.73 bits per heavy atom. The third-order valence-electron chi connectivity index (χ3n) is 4.13. The molecule has 0 fully saturated rings. The second-order valence-electron chi connectivity index (χ2n) is 6.11. The van der Waals surface area contributed by atoms with Gasteiger partial charge in [-0.15, -0.1) is 0 Å². The normalized spacial score (nSPS) is 14.0. The van der Waals surface area contributed by atoms with E-state index in [4.69, 9.17) is 9.47 Å². The molecule has 0 spiro atoms. The molecular formula is C20H20N2O4. The third-order valence-corrected chi connectivity index (χ3v) is 4.13. The SMILES string of the molecule is COc1ccc(OC(=O)C2=NN(c3cc(C)ccc3C)C(=O)CC2)cc1. The van der Waals surface area contributed by atoms with Crippen LogP contribution in [0.15, 0.2) is 47.6 Å². The van der Waals surface area contributed by atoms with E-state index in [1.807, 2.05) is 32.0 Å². The van der Waals surface area contributed by atoms with Crippen LogP contribution in [0.1, 0.15) is 24.0 Å². The van der Waals surface area contributed by atoms with E-state index in [1.54, 1.807) is 31.4 Å². The molecule has 0 saturated heterocycles. The van der Waals surface area contributed by atoms with Gasteiger partial charge in [0.2, 0.25) is 5.91 Å². The van der Waals surface area contributed by atoms with Crippen molar-refractivity contribution < 1.29 is 19.1 Å². The van der Waals surface area contributed by atoms with Crippen LogP contribution in [0.3, 0.4) is 0 Å². The van der Waals surface area contributed by atoms with Crippen LogP contribution in [0.25, 0.3) is 0 Å². The van der Waals surface area contributed by atoms with Crippen molar-refractivity contribution in [3.05, 3.63) is 53.6 Å². The number of hydrogen-bond acceptors (Lipinski definition) is 5. The molecular weight excluding hydrogens is 332 g/mol. The van der Waals surface area contributed by atoms with Crippen LogP contribution in [-0.2, 0) is 9.59 Å². The molecule has 1 aliphatic rings. The fourth-order valence-electron chi connectivity index (χ4n) is 2.65. The van der Waals surface area contributed by atoms with Crippen molar-refractivity contribution in [3.63, 3.8) is 0 Å². The molecule has 2 aromatic carbocycles. The molecule has 0 N–H and O–H groups in total. The van der Waals surface area contributed by atoms with Crippen molar-refractivity contribution >= 4 is 23.3 Å².